The van der Waals surface area contributed by atoms with Crippen LogP contribution in [0.2, 0.25) is 0 Å². The Balaban J connectivity index is 2.17. The number of hydrogen-bond acceptors (Lipinski definition) is 3. The highest BCUT2D eigenvalue weighted by molar-refractivity contribution is 5.80. The first-order valence-corrected chi connectivity index (χ1v) is 7.12. The zero-order valence-electron chi connectivity index (χ0n) is 12.2. The summed E-state index contributed by atoms with van der Waals surface area (Å²) < 4.78 is 0. The molecule has 0 unspecified atom stereocenters. The summed E-state index contributed by atoms with van der Waals surface area (Å²) in [5.41, 5.74) is 0. The third kappa shape index (κ3) is 5.19. The molecule has 1 aliphatic rings. The zero-order valence-corrected chi connectivity index (χ0v) is 12.2. The number of nitrogens with one attached hydrogen (secondary N) is 1. The highest BCUT2D eigenvalue weighted by Gasteiger charge is 2.33. The van der Waals surface area contributed by atoms with Gasteiger partial charge < -0.3 is 15.3 Å². The van der Waals surface area contributed by atoms with Crippen LogP contribution in [0.3, 0.4) is 0 Å². The fraction of sp³-hybridized carbons (Fsp3) is 0.857. The highest BCUT2D eigenvalue weighted by atomic mass is 16.4. The van der Waals surface area contributed by atoms with Crippen molar-refractivity contribution in [1.82, 2.24) is 10.2 Å². The maximum absolute atomic E-state index is 11.9. The van der Waals surface area contributed by atoms with Crippen molar-refractivity contribution >= 4 is 11.9 Å². The molecule has 5 heteroatoms. The largest absolute Gasteiger partial charge is 0.481 e. The molecule has 0 aromatic rings. The summed E-state index contributed by atoms with van der Waals surface area (Å²) in [4.78, 5) is 24.9. The summed E-state index contributed by atoms with van der Waals surface area (Å²) in [6.07, 6.45) is 2.75. The molecule has 1 amide bonds. The van der Waals surface area contributed by atoms with Gasteiger partial charge in [-0.15, -0.1) is 0 Å². The van der Waals surface area contributed by atoms with Crippen molar-refractivity contribution in [3.63, 3.8) is 0 Å². The summed E-state index contributed by atoms with van der Waals surface area (Å²) in [5, 5.41) is 11.8. The Kier molecular flexibility index (Phi) is 6.28. The van der Waals surface area contributed by atoms with Gasteiger partial charge in [-0.2, -0.15) is 0 Å². The molecule has 1 rings (SSSR count). The molecular formula is C14H26N2O3. The second kappa shape index (κ2) is 7.48. The number of aliphatic carboxylic acids is 1. The molecule has 1 fully saturated rings. The van der Waals surface area contributed by atoms with E-state index in [1.807, 2.05) is 0 Å². The monoisotopic (exact) mass is 270 g/mol. The average Bonchev–Trinajstić information content (AvgIpc) is 2.83. The average molecular weight is 270 g/mol. The third-order valence-electron chi connectivity index (χ3n) is 4.02. The van der Waals surface area contributed by atoms with Crippen molar-refractivity contribution in [2.45, 2.75) is 45.6 Å². The number of nitrogens with zero attached hydrogens (tertiary/aromatic N) is 1. The second-order valence-corrected chi connectivity index (χ2v) is 5.76. The number of carboxylic acid groups (broad SMARTS) is 1. The molecule has 110 valence electrons. The second-order valence-electron chi connectivity index (χ2n) is 5.76. The summed E-state index contributed by atoms with van der Waals surface area (Å²) in [5.74, 6) is -1.18. The van der Waals surface area contributed by atoms with Crippen molar-refractivity contribution < 1.29 is 14.7 Å². The summed E-state index contributed by atoms with van der Waals surface area (Å²) in [6, 6.07) is 0.516. The molecule has 2 N–H and O–H groups in total. The van der Waals surface area contributed by atoms with Gasteiger partial charge in [-0.1, -0.05) is 0 Å². The molecule has 0 spiro atoms. The van der Waals surface area contributed by atoms with Crippen molar-refractivity contribution in [2.24, 2.45) is 11.8 Å². The van der Waals surface area contributed by atoms with Crippen LogP contribution < -0.4 is 5.32 Å². The molecular weight excluding hydrogens is 244 g/mol. The Morgan fingerprint density at radius 3 is 2.47 bits per heavy atom. The van der Waals surface area contributed by atoms with Crippen molar-refractivity contribution in [1.29, 1.82) is 0 Å². The Morgan fingerprint density at radius 2 is 1.95 bits per heavy atom. The third-order valence-corrected chi connectivity index (χ3v) is 4.02. The summed E-state index contributed by atoms with van der Waals surface area (Å²) in [7, 11) is 2.07. The van der Waals surface area contributed by atoms with E-state index in [2.05, 4.69) is 31.1 Å². The number of amides is 1. The van der Waals surface area contributed by atoms with Crippen molar-refractivity contribution in [2.75, 3.05) is 20.1 Å². The Hall–Kier alpha value is -1.10. The van der Waals surface area contributed by atoms with Gasteiger partial charge in [0.15, 0.2) is 0 Å². The van der Waals surface area contributed by atoms with Crippen LogP contribution in [0.1, 0.15) is 39.5 Å². The lowest BCUT2D eigenvalue weighted by molar-refractivity contribution is -0.141. The molecule has 5 nitrogen and oxygen atoms in total. The van der Waals surface area contributed by atoms with Crippen molar-refractivity contribution in [3.8, 4) is 0 Å². The molecule has 0 saturated heterocycles. The highest BCUT2D eigenvalue weighted by Crippen LogP contribution is 2.30. The zero-order chi connectivity index (χ0) is 14.4. The standard InChI is InChI=1S/C14H26N2O3/c1-10(2)16(3)8-4-7-15-13(17)11-5-6-12(9-11)14(18)19/h10-12H,4-9H2,1-3H3,(H,15,17)(H,18,19)/t11-,12+/m1/s1. The molecule has 2 atom stereocenters. The minimum Gasteiger partial charge on any atom is -0.481 e. The molecule has 0 aromatic carbocycles. The number of hydrogen-bond donors (Lipinski definition) is 2. The van der Waals surface area contributed by atoms with Crippen LogP contribution in [-0.4, -0.2) is 48.1 Å². The lowest BCUT2D eigenvalue weighted by Crippen LogP contribution is -2.33. The minimum absolute atomic E-state index is 0.0240. The predicted octanol–water partition coefficient (Wildman–Crippen LogP) is 1.33. The molecule has 0 aliphatic heterocycles. The van der Waals surface area contributed by atoms with Gasteiger partial charge in [0.25, 0.3) is 0 Å². The first-order valence-electron chi connectivity index (χ1n) is 7.12. The lowest BCUT2D eigenvalue weighted by atomic mass is 10.0. The van der Waals surface area contributed by atoms with E-state index in [0.717, 1.165) is 13.0 Å². The van der Waals surface area contributed by atoms with E-state index >= 15 is 0 Å². The summed E-state index contributed by atoms with van der Waals surface area (Å²) >= 11 is 0. The van der Waals surface area contributed by atoms with E-state index in [-0.39, 0.29) is 17.7 Å². The van der Waals surface area contributed by atoms with Gasteiger partial charge >= 0.3 is 5.97 Å². The Labute approximate surface area is 115 Å². The van der Waals surface area contributed by atoms with Gasteiger partial charge in [-0.05, 0) is 53.1 Å². The van der Waals surface area contributed by atoms with Crippen LogP contribution in [0.4, 0.5) is 0 Å². The van der Waals surface area contributed by atoms with Crippen LogP contribution in [0.15, 0.2) is 0 Å². The van der Waals surface area contributed by atoms with Gasteiger partial charge in [0.1, 0.15) is 0 Å². The smallest absolute Gasteiger partial charge is 0.306 e. The Morgan fingerprint density at radius 1 is 1.32 bits per heavy atom. The predicted molar refractivity (Wildman–Crippen MR) is 73.9 cm³/mol. The van der Waals surface area contributed by atoms with Crippen LogP contribution in [0.25, 0.3) is 0 Å². The molecule has 1 saturated carbocycles. The van der Waals surface area contributed by atoms with Crippen LogP contribution in [-0.2, 0) is 9.59 Å². The lowest BCUT2D eigenvalue weighted by Gasteiger charge is -2.21. The van der Waals surface area contributed by atoms with Gasteiger partial charge in [0, 0.05) is 18.5 Å². The van der Waals surface area contributed by atoms with E-state index in [4.69, 9.17) is 5.11 Å². The maximum atomic E-state index is 11.9. The van der Waals surface area contributed by atoms with E-state index in [1.54, 1.807) is 0 Å². The number of rotatable bonds is 7. The maximum Gasteiger partial charge on any atom is 0.306 e. The first kappa shape index (κ1) is 16.0. The van der Waals surface area contributed by atoms with E-state index in [0.29, 0.717) is 31.8 Å². The SMILES string of the molecule is CC(C)N(C)CCCNC(=O)[C@@H]1CC[C@H](C(=O)O)C1. The van der Waals surface area contributed by atoms with Gasteiger partial charge in [0.2, 0.25) is 5.91 Å². The minimum atomic E-state index is -0.770. The number of carbonyl (C=O) groups excluding carboxylic acids is 1. The normalized spacial score (nSPS) is 23.0. The van der Waals surface area contributed by atoms with Crippen molar-refractivity contribution in [3.05, 3.63) is 0 Å². The van der Waals surface area contributed by atoms with Gasteiger partial charge in [0.05, 0.1) is 5.92 Å². The first-order chi connectivity index (χ1) is 8.91. The fourth-order valence-corrected chi connectivity index (χ4v) is 2.39. The van der Waals surface area contributed by atoms with Gasteiger partial charge in [-0.3, -0.25) is 9.59 Å². The molecule has 19 heavy (non-hydrogen) atoms. The van der Waals surface area contributed by atoms with E-state index < -0.39 is 5.97 Å². The van der Waals surface area contributed by atoms with Crippen LogP contribution >= 0.6 is 0 Å². The Bertz CT molecular complexity index is 318. The molecule has 0 radical (unpaired) electrons. The van der Waals surface area contributed by atoms with Crippen LogP contribution in [0.5, 0.6) is 0 Å². The van der Waals surface area contributed by atoms with Crippen LogP contribution in [0, 0.1) is 11.8 Å². The number of carboxylic acids is 1. The van der Waals surface area contributed by atoms with E-state index in [1.165, 1.54) is 0 Å². The number of carbonyl (C=O) groups is 2. The molecule has 0 aromatic heterocycles. The molecule has 0 heterocycles. The fourth-order valence-electron chi connectivity index (χ4n) is 2.39. The van der Waals surface area contributed by atoms with Gasteiger partial charge in [-0.25, -0.2) is 0 Å². The summed E-state index contributed by atoms with van der Waals surface area (Å²) in [6.45, 7) is 5.91. The van der Waals surface area contributed by atoms with E-state index in [9.17, 15) is 9.59 Å². The molecule has 0 bridgehead atoms. The quantitative estimate of drug-likeness (QED) is 0.685. The topological polar surface area (TPSA) is 69.6 Å². The molecule has 1 aliphatic carbocycles.